The molecule has 1 aliphatic rings. The van der Waals surface area contributed by atoms with Gasteiger partial charge in [0.25, 0.3) is 0 Å². The Labute approximate surface area is 165 Å². The second kappa shape index (κ2) is 8.42. The van der Waals surface area contributed by atoms with E-state index in [1.54, 1.807) is 11.3 Å². The van der Waals surface area contributed by atoms with Crippen molar-refractivity contribution in [1.29, 1.82) is 0 Å². The van der Waals surface area contributed by atoms with Gasteiger partial charge in [0.15, 0.2) is 15.5 Å². The summed E-state index contributed by atoms with van der Waals surface area (Å²) in [6.07, 6.45) is 2.61. The molecule has 4 rings (SSSR count). The number of ether oxygens (including phenoxy) is 1. The molecule has 3 aromatic rings. The molecule has 10 nitrogen and oxygen atoms in total. The summed E-state index contributed by atoms with van der Waals surface area (Å²) < 4.78 is 5.15. The molecule has 1 fully saturated rings. The van der Waals surface area contributed by atoms with Crippen molar-refractivity contribution in [2.45, 2.75) is 6.54 Å². The Morgan fingerprint density at radius 2 is 2.07 bits per heavy atom. The zero-order valence-electron chi connectivity index (χ0n) is 15.2. The Morgan fingerprint density at radius 1 is 1.21 bits per heavy atom. The fourth-order valence-electron chi connectivity index (χ4n) is 2.86. The van der Waals surface area contributed by atoms with Crippen LogP contribution < -0.4 is 10.1 Å². The molecule has 1 N–H and O–H groups in total. The molecule has 1 amide bonds. The fourth-order valence-corrected chi connectivity index (χ4v) is 3.65. The molecule has 0 atom stereocenters. The number of nitrogens with one attached hydrogen (secondary N) is 1. The van der Waals surface area contributed by atoms with Crippen LogP contribution in [0.3, 0.4) is 0 Å². The van der Waals surface area contributed by atoms with Crippen molar-refractivity contribution >= 4 is 32.9 Å². The van der Waals surface area contributed by atoms with Crippen molar-refractivity contribution in [2.75, 3.05) is 38.6 Å². The molecule has 0 saturated carbocycles. The number of hydrogen-bond donors (Lipinski definition) is 1. The van der Waals surface area contributed by atoms with E-state index < -0.39 is 6.09 Å². The summed E-state index contributed by atoms with van der Waals surface area (Å²) in [7, 11) is 1.51. The maximum Gasteiger partial charge on any atom is 0.432 e. The minimum Gasteiger partial charge on any atom is -0.479 e. The highest BCUT2D eigenvalue weighted by Gasteiger charge is 2.21. The first kappa shape index (κ1) is 18.5. The van der Waals surface area contributed by atoms with Gasteiger partial charge in [0.1, 0.15) is 6.33 Å². The molecule has 28 heavy (non-hydrogen) atoms. The van der Waals surface area contributed by atoms with Gasteiger partial charge in [-0.15, -0.1) is 5.06 Å². The summed E-state index contributed by atoms with van der Waals surface area (Å²) in [5.41, 5.74) is 1.54. The van der Waals surface area contributed by atoms with Gasteiger partial charge in [-0.1, -0.05) is 17.4 Å². The van der Waals surface area contributed by atoms with Crippen LogP contribution in [0.25, 0.3) is 10.3 Å². The average Bonchev–Trinajstić information content (AvgIpc) is 3.12. The summed E-state index contributed by atoms with van der Waals surface area (Å²) in [5.74, 6) is 0.367. The lowest BCUT2D eigenvalue weighted by molar-refractivity contribution is -0.119. The molecule has 146 valence electrons. The van der Waals surface area contributed by atoms with Crippen LogP contribution in [-0.2, 0) is 11.4 Å². The summed E-state index contributed by atoms with van der Waals surface area (Å²) in [6.45, 7) is 3.61. The first-order valence-corrected chi connectivity index (χ1v) is 9.54. The number of pyridine rings is 1. The molecule has 0 aromatic carbocycles. The number of carbonyl (C=O) groups is 1. The van der Waals surface area contributed by atoms with Crippen molar-refractivity contribution in [2.24, 2.45) is 0 Å². The van der Waals surface area contributed by atoms with Gasteiger partial charge in [-0.25, -0.2) is 14.8 Å². The van der Waals surface area contributed by atoms with Crippen molar-refractivity contribution in [3.63, 3.8) is 0 Å². The van der Waals surface area contributed by atoms with Gasteiger partial charge in [0.2, 0.25) is 5.88 Å². The van der Waals surface area contributed by atoms with Crippen LogP contribution in [0.15, 0.2) is 30.7 Å². The lowest BCUT2D eigenvalue weighted by Crippen LogP contribution is -2.47. The molecule has 1 saturated heterocycles. The highest BCUT2D eigenvalue weighted by molar-refractivity contribution is 7.22. The number of amides is 1. The first-order chi connectivity index (χ1) is 13.7. The lowest BCUT2D eigenvalue weighted by atomic mass is 10.3. The van der Waals surface area contributed by atoms with Crippen LogP contribution in [0.1, 0.15) is 5.69 Å². The Balaban J connectivity index is 1.28. The second-order valence-corrected chi connectivity index (χ2v) is 7.06. The number of piperazine rings is 1. The number of rotatable bonds is 5. The second-order valence-electron chi connectivity index (χ2n) is 6.09. The third kappa shape index (κ3) is 4.32. The molecule has 1 aliphatic heterocycles. The zero-order chi connectivity index (χ0) is 19.3. The van der Waals surface area contributed by atoms with E-state index in [9.17, 15) is 4.79 Å². The molecule has 3 aromatic heterocycles. The van der Waals surface area contributed by atoms with Crippen LogP contribution in [0.5, 0.6) is 5.88 Å². The lowest BCUT2D eigenvalue weighted by Gasteiger charge is -2.32. The molecular weight excluding hydrogens is 382 g/mol. The van der Waals surface area contributed by atoms with Crippen molar-refractivity contribution in [3.05, 3.63) is 36.4 Å². The number of methoxy groups -OCH3 is 1. The summed E-state index contributed by atoms with van der Waals surface area (Å²) in [5, 5.41) is 4.67. The predicted octanol–water partition coefficient (Wildman–Crippen LogP) is 1.77. The molecular formula is C17H19N7O3S. The number of hydrogen-bond acceptors (Lipinski definition) is 10. The third-order valence-corrected chi connectivity index (χ3v) is 5.10. The van der Waals surface area contributed by atoms with Crippen LogP contribution in [0.4, 0.5) is 9.93 Å². The number of thiazole rings is 1. The summed E-state index contributed by atoms with van der Waals surface area (Å²) >= 11 is 1.23. The topological polar surface area (TPSA) is 106 Å². The SMILES string of the molecule is COc1ncnc2sc(NC(=O)ON3CCN(Cc4ccccn4)CC3)nc12. The summed E-state index contributed by atoms with van der Waals surface area (Å²) in [4.78, 5) is 37.2. The van der Waals surface area contributed by atoms with Crippen molar-refractivity contribution in [1.82, 2.24) is 29.9 Å². The molecule has 0 aliphatic carbocycles. The van der Waals surface area contributed by atoms with Gasteiger partial charge < -0.3 is 9.57 Å². The highest BCUT2D eigenvalue weighted by Crippen LogP contribution is 2.28. The number of carbonyl (C=O) groups excluding carboxylic acids is 1. The van der Waals surface area contributed by atoms with Crippen LogP contribution in [0.2, 0.25) is 0 Å². The standard InChI is InChI=1S/C17H19N7O3S/c1-26-14-13-15(20-11-19-14)28-16(21-13)22-17(25)27-24-8-6-23(7-9-24)10-12-4-2-3-5-18-12/h2-5,11H,6-10H2,1H3,(H,21,22,25). The van der Waals surface area contributed by atoms with Crippen LogP contribution >= 0.6 is 11.3 Å². The van der Waals surface area contributed by atoms with Crippen LogP contribution in [0, 0.1) is 0 Å². The largest absolute Gasteiger partial charge is 0.479 e. The van der Waals surface area contributed by atoms with E-state index in [-0.39, 0.29) is 0 Å². The van der Waals surface area contributed by atoms with Crippen molar-refractivity contribution < 1.29 is 14.4 Å². The van der Waals surface area contributed by atoms with E-state index >= 15 is 0 Å². The first-order valence-electron chi connectivity index (χ1n) is 8.73. The number of aromatic nitrogens is 4. The maximum absolute atomic E-state index is 12.2. The van der Waals surface area contributed by atoms with Crippen molar-refractivity contribution in [3.8, 4) is 5.88 Å². The predicted molar refractivity (Wildman–Crippen MR) is 103 cm³/mol. The number of fused-ring (bicyclic) bond motifs is 1. The minimum atomic E-state index is -0.579. The molecule has 0 radical (unpaired) electrons. The maximum atomic E-state index is 12.2. The zero-order valence-corrected chi connectivity index (χ0v) is 16.1. The van der Waals surface area contributed by atoms with E-state index in [2.05, 4.69) is 30.2 Å². The van der Waals surface area contributed by atoms with Gasteiger partial charge in [0.05, 0.1) is 12.8 Å². The number of hydroxylamine groups is 2. The smallest absolute Gasteiger partial charge is 0.432 e. The van der Waals surface area contributed by atoms with Gasteiger partial charge >= 0.3 is 6.09 Å². The van der Waals surface area contributed by atoms with Gasteiger partial charge in [0, 0.05) is 38.9 Å². The quantitative estimate of drug-likeness (QED) is 0.684. The molecule has 0 spiro atoms. The average molecular weight is 401 g/mol. The van der Waals surface area contributed by atoms with Gasteiger partial charge in [-0.3, -0.25) is 15.2 Å². The Kier molecular flexibility index (Phi) is 5.55. The number of nitrogens with zero attached hydrogens (tertiary/aromatic N) is 6. The van der Waals surface area contributed by atoms with Gasteiger partial charge in [-0.2, -0.15) is 4.98 Å². The monoisotopic (exact) mass is 401 g/mol. The number of anilines is 1. The minimum absolute atomic E-state index is 0.367. The van der Waals surface area contributed by atoms with E-state index in [1.807, 2.05) is 18.2 Å². The summed E-state index contributed by atoms with van der Waals surface area (Å²) in [6, 6.07) is 5.89. The van der Waals surface area contributed by atoms with E-state index in [4.69, 9.17) is 9.57 Å². The fraction of sp³-hybridized carbons (Fsp3) is 0.353. The van der Waals surface area contributed by atoms with Gasteiger partial charge in [-0.05, 0) is 12.1 Å². The molecule has 11 heteroatoms. The van der Waals surface area contributed by atoms with E-state index in [0.717, 1.165) is 25.3 Å². The van der Waals surface area contributed by atoms with E-state index in [1.165, 1.54) is 24.8 Å². The Hall–Kier alpha value is -2.89. The molecule has 4 heterocycles. The van der Waals surface area contributed by atoms with Crippen LogP contribution in [-0.4, -0.2) is 69.3 Å². The highest BCUT2D eigenvalue weighted by atomic mass is 32.1. The molecule has 0 bridgehead atoms. The Morgan fingerprint density at radius 3 is 2.82 bits per heavy atom. The third-order valence-electron chi connectivity index (χ3n) is 4.22. The normalized spacial score (nSPS) is 15.5. The Bertz CT molecular complexity index is 944. The van der Waals surface area contributed by atoms with E-state index in [0.29, 0.717) is 34.4 Å². The molecule has 0 unspecified atom stereocenters.